The van der Waals surface area contributed by atoms with Crippen LogP contribution in [-0.2, 0) is 8.85 Å². The minimum atomic E-state index is -1.92. The van der Waals surface area contributed by atoms with Crippen molar-refractivity contribution in [1.29, 1.82) is 0 Å². The van der Waals surface area contributed by atoms with E-state index in [9.17, 15) is 0 Å². The lowest BCUT2D eigenvalue weighted by Crippen LogP contribution is -2.43. The van der Waals surface area contributed by atoms with Gasteiger partial charge in [-0.05, 0) is 30.3 Å². The molecule has 0 aliphatic rings. The first-order chi connectivity index (χ1) is 6.95. The fraction of sp³-hybridized carbons (Fsp3) is 1.00. The zero-order valence-electron chi connectivity index (χ0n) is 11.3. The van der Waals surface area contributed by atoms with Gasteiger partial charge in [0.2, 0.25) is 0 Å². The van der Waals surface area contributed by atoms with Gasteiger partial charge in [0, 0.05) is 13.7 Å². The van der Waals surface area contributed by atoms with E-state index in [1.165, 1.54) is 0 Å². The van der Waals surface area contributed by atoms with Gasteiger partial charge in [-0.3, -0.25) is 0 Å². The Morgan fingerprint density at radius 2 is 1.47 bits per heavy atom. The van der Waals surface area contributed by atoms with Gasteiger partial charge in [-0.15, -0.1) is 0 Å². The molecule has 2 nitrogen and oxygen atoms in total. The molecule has 0 aromatic heterocycles. The lowest BCUT2D eigenvalue weighted by Gasteiger charge is -2.32. The summed E-state index contributed by atoms with van der Waals surface area (Å²) in [4.78, 5) is 0. The highest BCUT2D eigenvalue weighted by molar-refractivity contribution is 6.67. The maximum absolute atomic E-state index is 6.07. The smallest absolute Gasteiger partial charge is 0.338 e. The molecule has 0 bridgehead atoms. The molecule has 92 valence electrons. The summed E-state index contributed by atoms with van der Waals surface area (Å²) in [6, 6.07) is 2.23. The summed E-state index contributed by atoms with van der Waals surface area (Å²) in [6.07, 6.45) is 1.08. The standard InChI is InChI=1S/C12H28O2Si/c1-7-8-14-15(13-6,9-11(2)3)10-12(4)5/h11-12H,7-10H2,1-6H3. The molecule has 0 radical (unpaired) electrons. The highest BCUT2D eigenvalue weighted by Gasteiger charge is 2.37. The van der Waals surface area contributed by atoms with Gasteiger partial charge in [0.1, 0.15) is 0 Å². The molecule has 0 heterocycles. The number of rotatable bonds is 8. The molecule has 0 amide bonds. The van der Waals surface area contributed by atoms with Crippen LogP contribution in [0.25, 0.3) is 0 Å². The van der Waals surface area contributed by atoms with Crippen LogP contribution in [0.4, 0.5) is 0 Å². The van der Waals surface area contributed by atoms with E-state index in [0.29, 0.717) is 11.8 Å². The van der Waals surface area contributed by atoms with E-state index in [-0.39, 0.29) is 0 Å². The third-order valence-corrected chi connectivity index (χ3v) is 6.73. The van der Waals surface area contributed by atoms with E-state index in [2.05, 4.69) is 34.6 Å². The van der Waals surface area contributed by atoms with Crippen LogP contribution in [0.5, 0.6) is 0 Å². The zero-order valence-corrected chi connectivity index (χ0v) is 12.3. The van der Waals surface area contributed by atoms with Crippen molar-refractivity contribution in [3.8, 4) is 0 Å². The molecule has 0 saturated heterocycles. The molecule has 0 spiro atoms. The predicted octanol–water partition coefficient (Wildman–Crippen LogP) is 3.81. The van der Waals surface area contributed by atoms with Crippen molar-refractivity contribution in [3.63, 3.8) is 0 Å². The first kappa shape index (κ1) is 15.1. The van der Waals surface area contributed by atoms with Crippen molar-refractivity contribution in [2.75, 3.05) is 13.7 Å². The summed E-state index contributed by atoms with van der Waals surface area (Å²) in [5, 5.41) is 0. The largest absolute Gasteiger partial charge is 0.398 e. The summed E-state index contributed by atoms with van der Waals surface area (Å²) in [5.74, 6) is 1.32. The van der Waals surface area contributed by atoms with E-state index in [0.717, 1.165) is 25.1 Å². The molecule has 0 aliphatic carbocycles. The molecule has 0 unspecified atom stereocenters. The fourth-order valence-corrected chi connectivity index (χ4v) is 5.88. The molecule has 0 atom stereocenters. The highest BCUT2D eigenvalue weighted by atomic mass is 28.4. The maximum atomic E-state index is 6.07. The molecule has 0 aromatic rings. The third kappa shape index (κ3) is 6.33. The third-order valence-electron chi connectivity index (χ3n) is 2.38. The van der Waals surface area contributed by atoms with E-state index in [1.807, 2.05) is 7.11 Å². The van der Waals surface area contributed by atoms with Gasteiger partial charge in [-0.25, -0.2) is 0 Å². The van der Waals surface area contributed by atoms with Gasteiger partial charge in [-0.2, -0.15) is 0 Å². The minimum Gasteiger partial charge on any atom is -0.398 e. The van der Waals surface area contributed by atoms with Gasteiger partial charge in [-0.1, -0.05) is 34.6 Å². The molecular weight excluding hydrogens is 204 g/mol. The van der Waals surface area contributed by atoms with Gasteiger partial charge >= 0.3 is 8.56 Å². The second-order valence-corrected chi connectivity index (χ2v) is 8.49. The Morgan fingerprint density at radius 1 is 1.00 bits per heavy atom. The van der Waals surface area contributed by atoms with Gasteiger partial charge in [0.05, 0.1) is 0 Å². The molecule has 0 rings (SSSR count). The Bertz CT molecular complexity index is 148. The first-order valence-electron chi connectivity index (χ1n) is 6.15. The molecule has 3 heteroatoms. The Labute approximate surface area is 96.6 Å². The SMILES string of the molecule is CCCO[Si](CC(C)C)(CC(C)C)OC. The molecule has 0 aliphatic heterocycles. The summed E-state index contributed by atoms with van der Waals surface area (Å²) < 4.78 is 11.8. The molecule has 0 fully saturated rings. The lowest BCUT2D eigenvalue weighted by atomic mass is 10.3. The van der Waals surface area contributed by atoms with Crippen molar-refractivity contribution in [1.82, 2.24) is 0 Å². The average Bonchev–Trinajstić information content (AvgIpc) is 2.12. The van der Waals surface area contributed by atoms with Crippen molar-refractivity contribution in [3.05, 3.63) is 0 Å². The first-order valence-corrected chi connectivity index (χ1v) is 8.38. The second kappa shape index (κ2) is 7.42. The van der Waals surface area contributed by atoms with Crippen molar-refractivity contribution >= 4 is 8.56 Å². The topological polar surface area (TPSA) is 18.5 Å². The Balaban J connectivity index is 4.44. The van der Waals surface area contributed by atoms with Crippen LogP contribution < -0.4 is 0 Å². The van der Waals surface area contributed by atoms with Gasteiger partial charge in [0.25, 0.3) is 0 Å². The molecule has 0 saturated carbocycles. The summed E-state index contributed by atoms with van der Waals surface area (Å²) in [5.41, 5.74) is 0. The zero-order chi connectivity index (χ0) is 11.9. The Hall–Kier alpha value is 0.137. The number of hydrogen-bond donors (Lipinski definition) is 0. The quantitative estimate of drug-likeness (QED) is 0.592. The molecule has 0 aromatic carbocycles. The van der Waals surface area contributed by atoms with Crippen LogP contribution in [0.15, 0.2) is 0 Å². The Morgan fingerprint density at radius 3 is 1.73 bits per heavy atom. The van der Waals surface area contributed by atoms with Crippen LogP contribution >= 0.6 is 0 Å². The fourth-order valence-electron chi connectivity index (χ4n) is 1.96. The second-order valence-electron chi connectivity index (χ2n) is 5.16. The van der Waals surface area contributed by atoms with E-state index < -0.39 is 8.56 Å². The Kier molecular flexibility index (Phi) is 7.48. The highest BCUT2D eigenvalue weighted by Crippen LogP contribution is 2.27. The van der Waals surface area contributed by atoms with Gasteiger partial charge < -0.3 is 8.85 Å². The summed E-state index contributed by atoms with van der Waals surface area (Å²) >= 11 is 0. The molecule has 0 N–H and O–H groups in total. The van der Waals surface area contributed by atoms with Crippen LogP contribution in [0.2, 0.25) is 12.1 Å². The predicted molar refractivity (Wildman–Crippen MR) is 68.3 cm³/mol. The minimum absolute atomic E-state index is 0.659. The lowest BCUT2D eigenvalue weighted by molar-refractivity contribution is 0.189. The molecular formula is C12H28O2Si. The van der Waals surface area contributed by atoms with E-state index in [4.69, 9.17) is 8.85 Å². The van der Waals surface area contributed by atoms with Crippen molar-refractivity contribution < 1.29 is 8.85 Å². The van der Waals surface area contributed by atoms with Crippen LogP contribution in [0.3, 0.4) is 0 Å². The van der Waals surface area contributed by atoms with Crippen LogP contribution in [0.1, 0.15) is 41.0 Å². The van der Waals surface area contributed by atoms with E-state index >= 15 is 0 Å². The maximum Gasteiger partial charge on any atom is 0.338 e. The normalized spacial score (nSPS) is 12.8. The number of hydrogen-bond acceptors (Lipinski definition) is 2. The van der Waals surface area contributed by atoms with E-state index in [1.54, 1.807) is 0 Å². The molecule has 15 heavy (non-hydrogen) atoms. The van der Waals surface area contributed by atoms with Crippen molar-refractivity contribution in [2.24, 2.45) is 11.8 Å². The summed E-state index contributed by atoms with van der Waals surface area (Å²) in [7, 11) is -0.0906. The van der Waals surface area contributed by atoms with Crippen LogP contribution in [0, 0.1) is 11.8 Å². The average molecular weight is 232 g/mol. The summed E-state index contributed by atoms with van der Waals surface area (Å²) in [6.45, 7) is 12.0. The van der Waals surface area contributed by atoms with Gasteiger partial charge in [0.15, 0.2) is 0 Å². The monoisotopic (exact) mass is 232 g/mol. The van der Waals surface area contributed by atoms with Crippen LogP contribution in [-0.4, -0.2) is 22.3 Å². The van der Waals surface area contributed by atoms with Crippen molar-refractivity contribution in [2.45, 2.75) is 53.1 Å².